The van der Waals surface area contributed by atoms with Crippen LogP contribution in [-0.2, 0) is 4.79 Å². The van der Waals surface area contributed by atoms with Gasteiger partial charge in [0.05, 0.1) is 6.04 Å². The molecule has 112 valence electrons. The first kappa shape index (κ1) is 16.4. The smallest absolute Gasteiger partial charge is 0.237 e. The monoisotopic (exact) mass is 269 g/mol. The van der Waals surface area contributed by atoms with Crippen LogP contribution in [-0.4, -0.2) is 48.1 Å². The van der Waals surface area contributed by atoms with Gasteiger partial charge in [-0.1, -0.05) is 6.92 Å². The number of piperidine rings is 1. The Labute approximate surface area is 118 Å². The van der Waals surface area contributed by atoms with Crippen LogP contribution in [0.4, 0.5) is 0 Å². The molecule has 0 saturated carbocycles. The Hall–Kier alpha value is -0.610. The van der Waals surface area contributed by atoms with Gasteiger partial charge in [-0.2, -0.15) is 0 Å². The van der Waals surface area contributed by atoms with E-state index in [-0.39, 0.29) is 23.0 Å². The lowest BCUT2D eigenvalue weighted by Gasteiger charge is -2.41. The first-order chi connectivity index (χ1) is 8.73. The molecule has 1 aliphatic heterocycles. The minimum atomic E-state index is -0.110. The zero-order valence-electron chi connectivity index (χ0n) is 13.5. The maximum absolute atomic E-state index is 12.3. The molecule has 1 aliphatic rings. The molecule has 1 unspecified atom stereocenters. The summed E-state index contributed by atoms with van der Waals surface area (Å²) in [5.41, 5.74) is 0.121. The maximum Gasteiger partial charge on any atom is 0.237 e. The maximum atomic E-state index is 12.3. The van der Waals surface area contributed by atoms with E-state index in [1.165, 1.54) is 0 Å². The summed E-state index contributed by atoms with van der Waals surface area (Å²) >= 11 is 0. The lowest BCUT2D eigenvalue weighted by atomic mass is 9.89. The summed E-state index contributed by atoms with van der Waals surface area (Å²) in [4.78, 5) is 14.6. The van der Waals surface area contributed by atoms with Crippen molar-refractivity contribution in [2.24, 2.45) is 0 Å². The van der Waals surface area contributed by atoms with Crippen molar-refractivity contribution in [2.75, 3.05) is 20.1 Å². The van der Waals surface area contributed by atoms with Crippen molar-refractivity contribution < 1.29 is 4.79 Å². The number of carbonyl (C=O) groups excluding carboxylic acids is 1. The molecule has 1 rings (SSSR count). The Morgan fingerprint density at radius 3 is 2.32 bits per heavy atom. The first-order valence-electron chi connectivity index (χ1n) is 7.48. The van der Waals surface area contributed by atoms with E-state index in [2.05, 4.69) is 43.2 Å². The van der Waals surface area contributed by atoms with Crippen molar-refractivity contribution in [3.8, 4) is 0 Å². The van der Waals surface area contributed by atoms with E-state index in [0.717, 1.165) is 32.4 Å². The summed E-state index contributed by atoms with van der Waals surface area (Å²) < 4.78 is 0. The normalized spacial score (nSPS) is 22.0. The standard InChI is InChI=1S/C15H31N3O/c1-7-14(3,4)17-13(19)12(2)18-10-8-15(5,16-6)9-11-18/h12,16H,7-11H2,1-6H3,(H,17,19). The lowest BCUT2D eigenvalue weighted by molar-refractivity contribution is -0.128. The molecule has 0 bridgehead atoms. The average Bonchev–Trinajstić information content (AvgIpc) is 2.38. The van der Waals surface area contributed by atoms with Crippen molar-refractivity contribution in [3.63, 3.8) is 0 Å². The SMILES string of the molecule is CCC(C)(C)NC(=O)C(C)N1CCC(C)(NC)CC1. The van der Waals surface area contributed by atoms with E-state index < -0.39 is 0 Å². The van der Waals surface area contributed by atoms with Gasteiger partial charge in [0, 0.05) is 24.2 Å². The van der Waals surface area contributed by atoms with Crippen molar-refractivity contribution in [1.29, 1.82) is 0 Å². The fourth-order valence-corrected chi connectivity index (χ4v) is 2.35. The van der Waals surface area contributed by atoms with E-state index in [9.17, 15) is 4.79 Å². The summed E-state index contributed by atoms with van der Waals surface area (Å²) in [6.07, 6.45) is 3.14. The fraction of sp³-hybridized carbons (Fsp3) is 0.933. The van der Waals surface area contributed by atoms with Gasteiger partial charge in [0.25, 0.3) is 0 Å². The van der Waals surface area contributed by atoms with Crippen LogP contribution in [0.1, 0.15) is 53.9 Å². The Kier molecular flexibility index (Phi) is 5.39. The molecule has 19 heavy (non-hydrogen) atoms. The Morgan fingerprint density at radius 1 is 1.37 bits per heavy atom. The predicted molar refractivity (Wildman–Crippen MR) is 80.2 cm³/mol. The molecule has 1 heterocycles. The molecule has 1 amide bonds. The predicted octanol–water partition coefficient (Wildman–Crippen LogP) is 1.75. The van der Waals surface area contributed by atoms with Gasteiger partial charge in [0.15, 0.2) is 0 Å². The summed E-state index contributed by atoms with van der Waals surface area (Å²) in [6.45, 7) is 12.5. The molecule has 0 aromatic carbocycles. The third-order valence-electron chi connectivity index (χ3n) is 4.78. The molecule has 2 N–H and O–H groups in total. The van der Waals surface area contributed by atoms with Gasteiger partial charge < -0.3 is 10.6 Å². The number of likely N-dealkylation sites (tertiary alicyclic amines) is 1. The van der Waals surface area contributed by atoms with Crippen LogP contribution in [0, 0.1) is 0 Å². The Morgan fingerprint density at radius 2 is 1.89 bits per heavy atom. The average molecular weight is 269 g/mol. The Balaban J connectivity index is 2.51. The van der Waals surface area contributed by atoms with Gasteiger partial charge >= 0.3 is 0 Å². The van der Waals surface area contributed by atoms with E-state index in [0.29, 0.717) is 0 Å². The lowest BCUT2D eigenvalue weighted by Crippen LogP contribution is -2.57. The quantitative estimate of drug-likeness (QED) is 0.799. The number of hydrogen-bond acceptors (Lipinski definition) is 3. The van der Waals surface area contributed by atoms with Crippen LogP contribution >= 0.6 is 0 Å². The molecular weight excluding hydrogens is 238 g/mol. The number of rotatable bonds is 5. The van der Waals surface area contributed by atoms with Crippen LogP contribution in [0.5, 0.6) is 0 Å². The number of hydrogen-bond donors (Lipinski definition) is 2. The summed E-state index contributed by atoms with van der Waals surface area (Å²) in [5, 5.41) is 6.53. The van der Waals surface area contributed by atoms with E-state index in [4.69, 9.17) is 0 Å². The summed E-state index contributed by atoms with van der Waals surface area (Å²) in [5.74, 6) is 0.153. The first-order valence-corrected chi connectivity index (χ1v) is 7.48. The molecule has 0 aromatic heterocycles. The molecular formula is C15H31N3O. The molecule has 4 nitrogen and oxygen atoms in total. The number of nitrogens with one attached hydrogen (secondary N) is 2. The molecule has 0 radical (unpaired) electrons. The largest absolute Gasteiger partial charge is 0.350 e. The van der Waals surface area contributed by atoms with Crippen molar-refractivity contribution in [2.45, 2.75) is 71.0 Å². The zero-order valence-corrected chi connectivity index (χ0v) is 13.5. The van der Waals surface area contributed by atoms with Crippen LogP contribution in [0.2, 0.25) is 0 Å². The van der Waals surface area contributed by atoms with Gasteiger partial charge in [-0.25, -0.2) is 0 Å². The molecule has 1 atom stereocenters. The highest BCUT2D eigenvalue weighted by Crippen LogP contribution is 2.22. The van der Waals surface area contributed by atoms with E-state index in [1.807, 2.05) is 14.0 Å². The van der Waals surface area contributed by atoms with Crippen molar-refractivity contribution >= 4 is 5.91 Å². The fourth-order valence-electron chi connectivity index (χ4n) is 2.35. The number of carbonyl (C=O) groups is 1. The van der Waals surface area contributed by atoms with Gasteiger partial charge in [0.1, 0.15) is 0 Å². The zero-order chi connectivity index (χ0) is 14.7. The molecule has 1 fully saturated rings. The third kappa shape index (κ3) is 4.46. The van der Waals surface area contributed by atoms with Gasteiger partial charge in [-0.15, -0.1) is 0 Å². The topological polar surface area (TPSA) is 44.4 Å². The third-order valence-corrected chi connectivity index (χ3v) is 4.78. The van der Waals surface area contributed by atoms with Gasteiger partial charge in [-0.05, 0) is 54.0 Å². The summed E-state index contributed by atoms with van der Waals surface area (Å²) in [6, 6.07) is -0.0350. The highest BCUT2D eigenvalue weighted by molar-refractivity contribution is 5.82. The van der Waals surface area contributed by atoms with Crippen LogP contribution < -0.4 is 10.6 Å². The highest BCUT2D eigenvalue weighted by Gasteiger charge is 2.33. The molecule has 1 saturated heterocycles. The molecule has 0 spiro atoms. The number of amides is 1. The second kappa shape index (κ2) is 6.23. The van der Waals surface area contributed by atoms with E-state index in [1.54, 1.807) is 0 Å². The van der Waals surface area contributed by atoms with Gasteiger partial charge in [-0.3, -0.25) is 9.69 Å². The molecule has 0 aromatic rings. The second-order valence-corrected chi connectivity index (χ2v) is 6.75. The highest BCUT2D eigenvalue weighted by atomic mass is 16.2. The van der Waals surface area contributed by atoms with Crippen LogP contribution in [0.3, 0.4) is 0 Å². The van der Waals surface area contributed by atoms with Crippen LogP contribution in [0.25, 0.3) is 0 Å². The Bertz CT molecular complexity index is 307. The number of nitrogens with zero attached hydrogens (tertiary/aromatic N) is 1. The summed E-state index contributed by atoms with van der Waals surface area (Å²) in [7, 11) is 2.02. The van der Waals surface area contributed by atoms with E-state index >= 15 is 0 Å². The van der Waals surface area contributed by atoms with Gasteiger partial charge in [0.2, 0.25) is 5.91 Å². The molecule has 0 aliphatic carbocycles. The molecule has 4 heteroatoms. The minimum Gasteiger partial charge on any atom is -0.350 e. The second-order valence-electron chi connectivity index (χ2n) is 6.75. The van der Waals surface area contributed by atoms with Crippen molar-refractivity contribution in [1.82, 2.24) is 15.5 Å². The van der Waals surface area contributed by atoms with Crippen molar-refractivity contribution in [3.05, 3.63) is 0 Å². The van der Waals surface area contributed by atoms with Crippen LogP contribution in [0.15, 0.2) is 0 Å². The minimum absolute atomic E-state index is 0.0350.